The van der Waals surface area contributed by atoms with Crippen LogP contribution in [-0.4, -0.2) is 59.3 Å². The summed E-state index contributed by atoms with van der Waals surface area (Å²) >= 11 is 0. The number of hydrogen-bond acceptors (Lipinski definition) is 7. The quantitative estimate of drug-likeness (QED) is 0.319. The fourth-order valence-corrected chi connectivity index (χ4v) is 2.86. The van der Waals surface area contributed by atoms with Crippen molar-refractivity contribution >= 4 is 5.97 Å². The van der Waals surface area contributed by atoms with Gasteiger partial charge in [-0.1, -0.05) is 34.3 Å². The van der Waals surface area contributed by atoms with E-state index in [1.807, 2.05) is 27.7 Å². The minimum atomic E-state index is -1.28. The van der Waals surface area contributed by atoms with Gasteiger partial charge in [-0.15, -0.1) is 0 Å². The van der Waals surface area contributed by atoms with Crippen LogP contribution in [0.1, 0.15) is 66.7 Å². The molecule has 0 saturated carbocycles. The fraction of sp³-hybridized carbons (Fsp3) is 0.850. The second-order valence-electron chi connectivity index (χ2n) is 7.19. The van der Waals surface area contributed by atoms with Crippen LogP contribution < -0.4 is 0 Å². The Morgan fingerprint density at radius 2 is 1.52 bits per heavy atom. The van der Waals surface area contributed by atoms with E-state index in [2.05, 4.69) is 6.58 Å². The zero-order valence-electron chi connectivity index (χ0n) is 17.3. The standard InChI is InChI=1S/C20H36O7/c1-7-19(22,8-2)26-16-11-15(12-25-18(21)14(5)6)24-13-17(16)27-20(23,9-3)10-4/h15-17,22-23H,5,7-13H2,1-4,6H3/t15-,16-,17+/m0/s1. The van der Waals surface area contributed by atoms with E-state index in [0.29, 0.717) is 37.7 Å². The largest absolute Gasteiger partial charge is 0.460 e. The number of esters is 1. The van der Waals surface area contributed by atoms with E-state index in [4.69, 9.17) is 18.9 Å². The maximum atomic E-state index is 11.6. The molecule has 0 unspecified atom stereocenters. The monoisotopic (exact) mass is 388 g/mol. The lowest BCUT2D eigenvalue weighted by molar-refractivity contribution is -0.317. The van der Waals surface area contributed by atoms with Crippen molar-refractivity contribution in [2.45, 2.75) is 96.6 Å². The summed E-state index contributed by atoms with van der Waals surface area (Å²) in [7, 11) is 0. The summed E-state index contributed by atoms with van der Waals surface area (Å²) in [6.07, 6.45) is 0.668. The topological polar surface area (TPSA) is 94.5 Å². The van der Waals surface area contributed by atoms with Crippen LogP contribution in [0.5, 0.6) is 0 Å². The molecule has 1 aliphatic heterocycles. The molecule has 0 aromatic carbocycles. The minimum Gasteiger partial charge on any atom is -0.460 e. The molecule has 27 heavy (non-hydrogen) atoms. The van der Waals surface area contributed by atoms with E-state index < -0.39 is 29.8 Å². The van der Waals surface area contributed by atoms with Gasteiger partial charge in [0.05, 0.1) is 18.8 Å². The Morgan fingerprint density at radius 1 is 1.04 bits per heavy atom. The van der Waals surface area contributed by atoms with Crippen LogP contribution in [-0.2, 0) is 23.7 Å². The van der Waals surface area contributed by atoms with Crippen LogP contribution in [0, 0.1) is 0 Å². The van der Waals surface area contributed by atoms with E-state index in [9.17, 15) is 15.0 Å². The van der Waals surface area contributed by atoms with Gasteiger partial charge >= 0.3 is 5.97 Å². The van der Waals surface area contributed by atoms with Crippen LogP contribution >= 0.6 is 0 Å². The average molecular weight is 389 g/mol. The Hall–Kier alpha value is -0.990. The van der Waals surface area contributed by atoms with Crippen molar-refractivity contribution in [1.82, 2.24) is 0 Å². The Kier molecular flexibility index (Phi) is 9.38. The van der Waals surface area contributed by atoms with Crippen LogP contribution in [0.2, 0.25) is 0 Å². The first-order chi connectivity index (χ1) is 12.6. The highest BCUT2D eigenvalue weighted by Gasteiger charge is 2.41. The Balaban J connectivity index is 2.85. The molecule has 0 spiro atoms. The van der Waals surface area contributed by atoms with E-state index in [1.54, 1.807) is 6.92 Å². The van der Waals surface area contributed by atoms with E-state index in [-0.39, 0.29) is 19.3 Å². The third-order valence-corrected chi connectivity index (χ3v) is 5.11. The highest BCUT2D eigenvalue weighted by molar-refractivity contribution is 5.86. The first-order valence-corrected chi connectivity index (χ1v) is 9.86. The second-order valence-corrected chi connectivity index (χ2v) is 7.19. The summed E-state index contributed by atoms with van der Waals surface area (Å²) in [6.45, 7) is 12.8. The van der Waals surface area contributed by atoms with Gasteiger partial charge in [-0.3, -0.25) is 0 Å². The highest BCUT2D eigenvalue weighted by Crippen LogP contribution is 2.30. The molecule has 7 heteroatoms. The Morgan fingerprint density at radius 3 is 1.96 bits per heavy atom. The smallest absolute Gasteiger partial charge is 0.333 e. The molecule has 1 fully saturated rings. The van der Waals surface area contributed by atoms with Gasteiger partial charge in [-0.05, 0) is 32.6 Å². The van der Waals surface area contributed by atoms with Gasteiger partial charge in [0.1, 0.15) is 12.7 Å². The van der Waals surface area contributed by atoms with Crippen LogP contribution in [0.15, 0.2) is 12.2 Å². The molecule has 0 aromatic rings. The molecule has 1 aliphatic rings. The molecule has 1 rings (SSSR count). The summed E-state index contributed by atoms with van der Waals surface area (Å²) in [4.78, 5) is 11.6. The third-order valence-electron chi connectivity index (χ3n) is 5.11. The average Bonchev–Trinajstić information content (AvgIpc) is 2.67. The van der Waals surface area contributed by atoms with Crippen molar-refractivity contribution in [2.75, 3.05) is 13.2 Å². The lowest BCUT2D eigenvalue weighted by Crippen LogP contribution is -2.53. The normalized spacial score (nSPS) is 23.9. The van der Waals surface area contributed by atoms with Gasteiger partial charge in [-0.2, -0.15) is 0 Å². The summed E-state index contributed by atoms with van der Waals surface area (Å²) in [6, 6.07) is 0. The van der Waals surface area contributed by atoms with E-state index in [1.165, 1.54) is 0 Å². The zero-order chi connectivity index (χ0) is 20.7. The maximum Gasteiger partial charge on any atom is 0.333 e. The molecule has 2 N–H and O–H groups in total. The molecule has 7 nitrogen and oxygen atoms in total. The van der Waals surface area contributed by atoms with Gasteiger partial charge < -0.3 is 29.2 Å². The van der Waals surface area contributed by atoms with Crippen molar-refractivity contribution in [3.8, 4) is 0 Å². The summed E-state index contributed by atoms with van der Waals surface area (Å²) in [5, 5.41) is 21.2. The molecular weight excluding hydrogens is 352 g/mol. The molecule has 0 radical (unpaired) electrons. The van der Waals surface area contributed by atoms with Gasteiger partial charge in [0.15, 0.2) is 11.6 Å². The van der Waals surface area contributed by atoms with Crippen molar-refractivity contribution in [1.29, 1.82) is 0 Å². The molecule has 0 aromatic heterocycles. The number of carbonyl (C=O) groups excluding carboxylic acids is 1. The van der Waals surface area contributed by atoms with Crippen LogP contribution in [0.4, 0.5) is 0 Å². The van der Waals surface area contributed by atoms with E-state index in [0.717, 1.165) is 0 Å². The molecule has 0 aliphatic carbocycles. The second kappa shape index (κ2) is 10.5. The lowest BCUT2D eigenvalue weighted by atomic mass is 10.0. The molecule has 3 atom stereocenters. The summed E-state index contributed by atoms with van der Waals surface area (Å²) in [5.41, 5.74) is 0.321. The molecular formula is C20H36O7. The third kappa shape index (κ3) is 7.16. The Labute approximate surface area is 162 Å². The fourth-order valence-electron chi connectivity index (χ4n) is 2.86. The zero-order valence-corrected chi connectivity index (χ0v) is 17.3. The maximum absolute atomic E-state index is 11.6. The SMILES string of the molecule is C=C(C)C(=O)OC[C@@H]1C[C@H](OC(O)(CC)CC)[C@H](OC(O)(CC)CC)CO1. The van der Waals surface area contributed by atoms with Crippen molar-refractivity contribution < 1.29 is 34.0 Å². The molecule has 0 bridgehead atoms. The van der Waals surface area contributed by atoms with E-state index >= 15 is 0 Å². The van der Waals surface area contributed by atoms with Crippen molar-refractivity contribution in [3.05, 3.63) is 12.2 Å². The minimum absolute atomic E-state index is 0.0702. The first-order valence-electron chi connectivity index (χ1n) is 9.86. The summed E-state index contributed by atoms with van der Waals surface area (Å²) < 4.78 is 22.8. The van der Waals surface area contributed by atoms with Crippen LogP contribution in [0.25, 0.3) is 0 Å². The summed E-state index contributed by atoms with van der Waals surface area (Å²) in [5.74, 6) is -3.02. The number of hydrogen-bond donors (Lipinski definition) is 2. The lowest BCUT2D eigenvalue weighted by Gasteiger charge is -2.42. The van der Waals surface area contributed by atoms with Gasteiger partial charge in [0.25, 0.3) is 0 Å². The highest BCUT2D eigenvalue weighted by atomic mass is 16.7. The van der Waals surface area contributed by atoms with Gasteiger partial charge in [0.2, 0.25) is 0 Å². The molecule has 1 heterocycles. The van der Waals surface area contributed by atoms with Gasteiger partial charge in [-0.25, -0.2) is 4.79 Å². The first kappa shape index (κ1) is 24.0. The number of ether oxygens (including phenoxy) is 4. The molecule has 0 amide bonds. The predicted molar refractivity (Wildman–Crippen MR) is 101 cm³/mol. The van der Waals surface area contributed by atoms with Crippen molar-refractivity contribution in [3.63, 3.8) is 0 Å². The number of carbonyl (C=O) groups is 1. The van der Waals surface area contributed by atoms with Crippen LogP contribution in [0.3, 0.4) is 0 Å². The molecule has 158 valence electrons. The number of rotatable bonds is 11. The van der Waals surface area contributed by atoms with Crippen molar-refractivity contribution in [2.24, 2.45) is 0 Å². The predicted octanol–water partition coefficient (Wildman–Crippen LogP) is 2.68. The Bertz CT molecular complexity index is 483. The molecule has 1 saturated heterocycles. The van der Waals surface area contributed by atoms with Gasteiger partial charge in [0, 0.05) is 12.0 Å². The number of aliphatic hydroxyl groups is 2.